The number of aryl methyl sites for hydroxylation is 1. The van der Waals surface area contributed by atoms with Gasteiger partial charge in [-0.2, -0.15) is 18.2 Å². The summed E-state index contributed by atoms with van der Waals surface area (Å²) in [5.41, 5.74) is -0.0993. The number of anilines is 1. The Labute approximate surface area is 182 Å². The van der Waals surface area contributed by atoms with Crippen molar-refractivity contribution in [3.63, 3.8) is 0 Å². The predicted octanol–water partition coefficient (Wildman–Crippen LogP) is 3.71. The number of rotatable bonds is 10. The number of carbonyl (C=O) groups is 1. The van der Waals surface area contributed by atoms with E-state index < -0.39 is 11.7 Å². The second-order valence-electron chi connectivity index (χ2n) is 6.64. The van der Waals surface area contributed by atoms with Gasteiger partial charge >= 0.3 is 6.18 Å². The quantitative estimate of drug-likeness (QED) is 0.455. The number of ether oxygens (including phenoxy) is 1. The van der Waals surface area contributed by atoms with Crippen molar-refractivity contribution >= 4 is 11.7 Å². The molecule has 2 heterocycles. The molecule has 1 amide bonds. The van der Waals surface area contributed by atoms with E-state index in [0.29, 0.717) is 18.3 Å². The first-order valence-electron chi connectivity index (χ1n) is 9.95. The third kappa shape index (κ3) is 6.43. The molecule has 32 heavy (non-hydrogen) atoms. The number of hydrogen-bond donors (Lipinski definition) is 2. The van der Waals surface area contributed by atoms with Gasteiger partial charge < -0.3 is 19.9 Å². The Morgan fingerprint density at radius 2 is 1.94 bits per heavy atom. The van der Waals surface area contributed by atoms with Crippen molar-refractivity contribution in [2.75, 3.05) is 25.0 Å². The number of alkyl halides is 3. The monoisotopic (exact) mass is 449 g/mol. The van der Waals surface area contributed by atoms with Gasteiger partial charge in [0.05, 0.1) is 12.2 Å². The Bertz CT molecular complexity index is 1020. The van der Waals surface area contributed by atoms with Gasteiger partial charge in [-0.15, -0.1) is 0 Å². The topological polar surface area (TPSA) is 102 Å². The van der Waals surface area contributed by atoms with Crippen molar-refractivity contribution in [1.29, 1.82) is 0 Å². The van der Waals surface area contributed by atoms with Crippen LogP contribution in [0.1, 0.15) is 24.8 Å². The van der Waals surface area contributed by atoms with Crippen molar-refractivity contribution in [1.82, 2.24) is 20.4 Å². The fourth-order valence-corrected chi connectivity index (χ4v) is 2.81. The molecule has 2 aromatic heterocycles. The highest BCUT2D eigenvalue weighted by Crippen LogP contribution is 2.33. The van der Waals surface area contributed by atoms with E-state index in [1.807, 2.05) is 19.1 Å². The second-order valence-corrected chi connectivity index (χ2v) is 6.64. The highest BCUT2D eigenvalue weighted by atomic mass is 19.4. The zero-order valence-electron chi connectivity index (χ0n) is 17.3. The minimum absolute atomic E-state index is 0.0915. The van der Waals surface area contributed by atoms with E-state index in [-0.39, 0.29) is 37.7 Å². The standard InChI is InChI=1S/C21H22F3N5O3/c1-2-31-15-7-5-14(6-8-15)19-28-18(32-29-19)10-9-17(30)25-12-13-27-20-16(21(22,23)24)4-3-11-26-20/h3-8,11H,2,9-10,12-13H2,1H3,(H,25,30)(H,26,27). The average Bonchev–Trinajstić information content (AvgIpc) is 3.25. The number of hydrogen-bond acceptors (Lipinski definition) is 7. The van der Waals surface area contributed by atoms with Crippen molar-refractivity contribution in [2.45, 2.75) is 25.9 Å². The summed E-state index contributed by atoms with van der Waals surface area (Å²) in [7, 11) is 0. The lowest BCUT2D eigenvalue weighted by Gasteiger charge is -2.13. The van der Waals surface area contributed by atoms with Crippen LogP contribution in [0.5, 0.6) is 5.75 Å². The van der Waals surface area contributed by atoms with E-state index in [1.54, 1.807) is 12.1 Å². The first kappa shape index (κ1) is 23.0. The van der Waals surface area contributed by atoms with Crippen LogP contribution in [0.25, 0.3) is 11.4 Å². The summed E-state index contributed by atoms with van der Waals surface area (Å²) < 4.78 is 49.4. The molecule has 0 radical (unpaired) electrons. The van der Waals surface area contributed by atoms with Crippen LogP contribution < -0.4 is 15.4 Å². The van der Waals surface area contributed by atoms with Gasteiger partial charge in [-0.1, -0.05) is 5.16 Å². The molecule has 0 unspecified atom stereocenters. The first-order chi connectivity index (χ1) is 15.4. The van der Waals surface area contributed by atoms with E-state index in [9.17, 15) is 18.0 Å². The van der Waals surface area contributed by atoms with Gasteiger partial charge in [-0.05, 0) is 43.3 Å². The molecule has 0 saturated heterocycles. The molecule has 0 atom stereocenters. The normalized spacial score (nSPS) is 11.2. The molecule has 8 nitrogen and oxygen atoms in total. The van der Waals surface area contributed by atoms with Crippen molar-refractivity contribution in [2.24, 2.45) is 0 Å². The van der Waals surface area contributed by atoms with Crippen LogP contribution in [0.3, 0.4) is 0 Å². The fourth-order valence-electron chi connectivity index (χ4n) is 2.81. The summed E-state index contributed by atoms with van der Waals surface area (Å²) in [5.74, 6) is 0.893. The lowest BCUT2D eigenvalue weighted by Crippen LogP contribution is -2.29. The Balaban J connectivity index is 1.41. The number of benzene rings is 1. The van der Waals surface area contributed by atoms with E-state index in [1.165, 1.54) is 12.3 Å². The van der Waals surface area contributed by atoms with Gasteiger partial charge in [0.25, 0.3) is 0 Å². The maximum Gasteiger partial charge on any atom is 0.419 e. The zero-order chi connectivity index (χ0) is 23.0. The van der Waals surface area contributed by atoms with Crippen LogP contribution in [0.15, 0.2) is 47.1 Å². The summed E-state index contributed by atoms with van der Waals surface area (Å²) >= 11 is 0. The molecule has 0 aliphatic heterocycles. The number of pyridine rings is 1. The molecule has 170 valence electrons. The van der Waals surface area contributed by atoms with Gasteiger partial charge in [-0.3, -0.25) is 4.79 Å². The molecule has 3 aromatic rings. The number of halogens is 3. The summed E-state index contributed by atoms with van der Waals surface area (Å²) in [6.45, 7) is 2.69. The molecular weight excluding hydrogens is 427 g/mol. The third-order valence-corrected chi connectivity index (χ3v) is 4.31. The SMILES string of the molecule is CCOc1ccc(-c2noc(CCC(=O)NCCNc3ncccc3C(F)(F)F)n2)cc1. The maximum atomic E-state index is 12.9. The predicted molar refractivity (Wildman–Crippen MR) is 110 cm³/mol. The number of amides is 1. The van der Waals surface area contributed by atoms with Gasteiger partial charge in [0.2, 0.25) is 17.6 Å². The Morgan fingerprint density at radius 1 is 1.16 bits per heavy atom. The number of nitrogens with one attached hydrogen (secondary N) is 2. The van der Waals surface area contributed by atoms with Gasteiger partial charge in [0.15, 0.2) is 0 Å². The summed E-state index contributed by atoms with van der Waals surface area (Å²) in [6.07, 6.45) is -2.90. The Hall–Kier alpha value is -3.63. The van der Waals surface area contributed by atoms with Gasteiger partial charge in [-0.25, -0.2) is 4.98 Å². The van der Waals surface area contributed by atoms with Gasteiger partial charge in [0, 0.05) is 37.7 Å². The number of aromatic nitrogens is 3. The molecule has 2 N–H and O–H groups in total. The van der Waals surface area contributed by atoms with Crippen LogP contribution in [0.4, 0.5) is 19.0 Å². The minimum atomic E-state index is -4.51. The smallest absolute Gasteiger partial charge is 0.419 e. The minimum Gasteiger partial charge on any atom is -0.494 e. The average molecular weight is 449 g/mol. The molecule has 0 bridgehead atoms. The maximum absolute atomic E-state index is 12.9. The summed E-state index contributed by atoms with van der Waals surface area (Å²) in [6, 6.07) is 9.39. The zero-order valence-corrected chi connectivity index (χ0v) is 17.3. The van der Waals surface area contributed by atoms with Crippen LogP contribution in [0, 0.1) is 0 Å². The van der Waals surface area contributed by atoms with E-state index in [2.05, 4.69) is 25.8 Å². The van der Waals surface area contributed by atoms with Crippen LogP contribution in [0.2, 0.25) is 0 Å². The molecule has 0 fully saturated rings. The van der Waals surface area contributed by atoms with Crippen molar-refractivity contribution in [3.05, 3.63) is 54.0 Å². The molecule has 0 spiro atoms. The fraction of sp³-hybridized carbons (Fsp3) is 0.333. The van der Waals surface area contributed by atoms with E-state index in [4.69, 9.17) is 9.26 Å². The molecule has 0 saturated carbocycles. The van der Waals surface area contributed by atoms with Crippen LogP contribution in [-0.2, 0) is 17.4 Å². The van der Waals surface area contributed by atoms with Crippen LogP contribution in [-0.4, -0.2) is 40.7 Å². The Kier molecular flexibility index (Phi) is 7.63. The van der Waals surface area contributed by atoms with Crippen molar-refractivity contribution < 1.29 is 27.2 Å². The number of nitrogens with zero attached hydrogens (tertiary/aromatic N) is 3. The van der Waals surface area contributed by atoms with E-state index >= 15 is 0 Å². The highest BCUT2D eigenvalue weighted by Gasteiger charge is 2.33. The third-order valence-electron chi connectivity index (χ3n) is 4.31. The Morgan fingerprint density at radius 3 is 2.66 bits per heavy atom. The summed E-state index contributed by atoms with van der Waals surface area (Å²) in [4.78, 5) is 20.0. The van der Waals surface area contributed by atoms with E-state index in [0.717, 1.165) is 17.4 Å². The molecular formula is C21H22F3N5O3. The lowest BCUT2D eigenvalue weighted by atomic mass is 10.2. The molecule has 0 aliphatic carbocycles. The molecule has 1 aromatic carbocycles. The van der Waals surface area contributed by atoms with Crippen molar-refractivity contribution in [3.8, 4) is 17.1 Å². The first-order valence-corrected chi connectivity index (χ1v) is 9.95. The van der Waals surface area contributed by atoms with Gasteiger partial charge in [0.1, 0.15) is 11.6 Å². The summed E-state index contributed by atoms with van der Waals surface area (Å²) in [5, 5.41) is 9.12. The molecule has 11 heteroatoms. The number of carbonyl (C=O) groups excluding carboxylic acids is 1. The van der Waals surface area contributed by atoms with Crippen LogP contribution >= 0.6 is 0 Å². The lowest BCUT2D eigenvalue weighted by molar-refractivity contribution is -0.137. The molecule has 0 aliphatic rings. The largest absolute Gasteiger partial charge is 0.494 e. The second kappa shape index (κ2) is 10.6. The molecule has 3 rings (SSSR count). The highest BCUT2D eigenvalue weighted by molar-refractivity contribution is 5.76.